The zero-order valence-electron chi connectivity index (χ0n) is 12.5. The lowest BCUT2D eigenvalue weighted by molar-refractivity contribution is -0.137. The van der Waals surface area contributed by atoms with Crippen LogP contribution in [0.3, 0.4) is 0 Å². The number of aryl methyl sites for hydroxylation is 1. The normalized spacial score (nSPS) is 11.7. The van der Waals surface area contributed by atoms with Gasteiger partial charge in [-0.25, -0.2) is 0 Å². The van der Waals surface area contributed by atoms with E-state index in [9.17, 15) is 9.59 Å². The van der Waals surface area contributed by atoms with E-state index in [-0.39, 0.29) is 18.7 Å². The summed E-state index contributed by atoms with van der Waals surface area (Å²) in [5, 5.41) is 11.9. The van der Waals surface area contributed by atoms with Gasteiger partial charge in [0.1, 0.15) is 0 Å². The van der Waals surface area contributed by atoms with Gasteiger partial charge in [-0.1, -0.05) is 60.2 Å². The first kappa shape index (κ1) is 15.8. The molecular formula is C18H19NO3. The van der Waals surface area contributed by atoms with Crippen molar-refractivity contribution >= 4 is 11.9 Å². The minimum atomic E-state index is -0.938. The Bertz CT molecular complexity index is 652. The second-order valence-corrected chi connectivity index (χ2v) is 5.29. The van der Waals surface area contributed by atoms with Crippen LogP contribution in [0.2, 0.25) is 0 Å². The molecule has 4 nitrogen and oxygen atoms in total. The number of aliphatic carboxylic acids is 1. The van der Waals surface area contributed by atoms with Gasteiger partial charge in [0.15, 0.2) is 0 Å². The Morgan fingerprint density at radius 3 is 2.45 bits per heavy atom. The van der Waals surface area contributed by atoms with Gasteiger partial charge in [-0.3, -0.25) is 9.59 Å². The van der Waals surface area contributed by atoms with Crippen molar-refractivity contribution < 1.29 is 14.7 Å². The third kappa shape index (κ3) is 4.74. The van der Waals surface area contributed by atoms with Crippen LogP contribution in [0.25, 0.3) is 0 Å². The number of hydrogen-bond acceptors (Lipinski definition) is 2. The van der Waals surface area contributed by atoms with Gasteiger partial charge in [0.25, 0.3) is 0 Å². The van der Waals surface area contributed by atoms with Gasteiger partial charge in [-0.15, -0.1) is 0 Å². The van der Waals surface area contributed by atoms with Crippen LogP contribution in [0.4, 0.5) is 0 Å². The monoisotopic (exact) mass is 297 g/mol. The fraction of sp³-hybridized carbons (Fsp3) is 0.222. The maximum Gasteiger partial charge on any atom is 0.305 e. The Morgan fingerprint density at radius 2 is 1.82 bits per heavy atom. The molecule has 0 saturated carbocycles. The van der Waals surface area contributed by atoms with Crippen molar-refractivity contribution in [2.75, 3.05) is 0 Å². The van der Waals surface area contributed by atoms with Gasteiger partial charge in [-0.2, -0.15) is 0 Å². The highest BCUT2D eigenvalue weighted by molar-refractivity contribution is 5.80. The van der Waals surface area contributed by atoms with Crippen LogP contribution in [0.5, 0.6) is 0 Å². The van der Waals surface area contributed by atoms with Crippen molar-refractivity contribution in [3.63, 3.8) is 0 Å². The van der Waals surface area contributed by atoms with Gasteiger partial charge >= 0.3 is 5.97 Å². The van der Waals surface area contributed by atoms with Crippen molar-refractivity contribution in [3.05, 3.63) is 71.3 Å². The lowest BCUT2D eigenvalue weighted by Crippen LogP contribution is -2.31. The predicted octanol–water partition coefficient (Wildman–Crippen LogP) is 2.87. The maximum atomic E-state index is 12.2. The number of amides is 1. The highest BCUT2D eigenvalue weighted by atomic mass is 16.4. The molecule has 0 spiro atoms. The van der Waals surface area contributed by atoms with Gasteiger partial charge in [0.2, 0.25) is 5.91 Å². The Hall–Kier alpha value is -2.62. The lowest BCUT2D eigenvalue weighted by atomic mass is 10.0. The molecule has 0 radical (unpaired) electrons. The van der Waals surface area contributed by atoms with E-state index in [2.05, 4.69) is 5.32 Å². The summed E-state index contributed by atoms with van der Waals surface area (Å²) in [7, 11) is 0. The number of carboxylic acid groups (broad SMARTS) is 1. The van der Waals surface area contributed by atoms with E-state index in [0.717, 1.165) is 16.7 Å². The first-order chi connectivity index (χ1) is 10.5. The molecule has 1 amide bonds. The third-order valence-corrected chi connectivity index (χ3v) is 3.37. The average Bonchev–Trinajstić information content (AvgIpc) is 2.47. The molecule has 22 heavy (non-hydrogen) atoms. The molecule has 0 fully saturated rings. The zero-order valence-corrected chi connectivity index (χ0v) is 12.5. The standard InChI is InChI=1S/C18H19NO3/c1-13-6-5-9-15(10-13)16(12-18(21)22)19-17(20)11-14-7-3-2-4-8-14/h2-10,16H,11-12H2,1H3,(H,19,20)(H,21,22)/t16-/m0/s1. The van der Waals surface area contributed by atoms with Crippen molar-refractivity contribution in [1.29, 1.82) is 0 Å². The second kappa shape index (κ2) is 7.41. The SMILES string of the molecule is Cc1cccc([C@H](CC(=O)O)NC(=O)Cc2ccccc2)c1. The second-order valence-electron chi connectivity index (χ2n) is 5.29. The molecule has 2 aromatic rings. The first-order valence-corrected chi connectivity index (χ1v) is 7.16. The fourth-order valence-corrected chi connectivity index (χ4v) is 2.34. The number of carbonyl (C=O) groups excluding carboxylic acids is 1. The molecule has 0 aliphatic carbocycles. The summed E-state index contributed by atoms with van der Waals surface area (Å²) < 4.78 is 0. The molecule has 0 aliphatic heterocycles. The summed E-state index contributed by atoms with van der Waals surface area (Å²) in [6.07, 6.45) is 0.104. The predicted molar refractivity (Wildman–Crippen MR) is 84.5 cm³/mol. The quantitative estimate of drug-likeness (QED) is 0.861. The topological polar surface area (TPSA) is 66.4 Å². The molecule has 4 heteroatoms. The molecule has 2 N–H and O–H groups in total. The molecule has 0 saturated heterocycles. The Kier molecular flexibility index (Phi) is 5.31. The highest BCUT2D eigenvalue weighted by Crippen LogP contribution is 2.18. The molecule has 114 valence electrons. The number of nitrogens with one attached hydrogen (secondary N) is 1. The highest BCUT2D eigenvalue weighted by Gasteiger charge is 2.18. The minimum absolute atomic E-state index is 0.135. The molecule has 1 atom stereocenters. The summed E-state index contributed by atoms with van der Waals surface area (Å²) in [5.74, 6) is -1.12. The molecule has 0 bridgehead atoms. The number of hydrogen-bond donors (Lipinski definition) is 2. The number of rotatable bonds is 6. The number of carboxylic acids is 1. The third-order valence-electron chi connectivity index (χ3n) is 3.37. The summed E-state index contributed by atoms with van der Waals surface area (Å²) in [5.41, 5.74) is 2.74. The summed E-state index contributed by atoms with van der Waals surface area (Å²) in [6, 6.07) is 16.4. The summed E-state index contributed by atoms with van der Waals surface area (Å²) in [4.78, 5) is 23.2. The van der Waals surface area contributed by atoms with Crippen LogP contribution in [-0.4, -0.2) is 17.0 Å². The van der Waals surface area contributed by atoms with Gasteiger partial charge in [-0.05, 0) is 18.1 Å². The van der Waals surface area contributed by atoms with Crippen molar-refractivity contribution in [1.82, 2.24) is 5.32 Å². The van der Waals surface area contributed by atoms with E-state index in [1.54, 1.807) is 0 Å². The van der Waals surface area contributed by atoms with E-state index >= 15 is 0 Å². The Morgan fingerprint density at radius 1 is 1.09 bits per heavy atom. The van der Waals surface area contributed by atoms with Crippen LogP contribution in [0.1, 0.15) is 29.2 Å². The van der Waals surface area contributed by atoms with E-state index in [1.807, 2.05) is 61.5 Å². The summed E-state index contributed by atoms with van der Waals surface area (Å²) in [6.45, 7) is 1.94. The molecule has 0 heterocycles. The molecule has 2 rings (SSSR count). The van der Waals surface area contributed by atoms with Crippen LogP contribution >= 0.6 is 0 Å². The zero-order chi connectivity index (χ0) is 15.9. The average molecular weight is 297 g/mol. The van der Waals surface area contributed by atoms with Crippen molar-refractivity contribution in [3.8, 4) is 0 Å². The van der Waals surface area contributed by atoms with Crippen LogP contribution in [0, 0.1) is 6.92 Å². The smallest absolute Gasteiger partial charge is 0.305 e. The van der Waals surface area contributed by atoms with Crippen LogP contribution in [-0.2, 0) is 16.0 Å². The molecular weight excluding hydrogens is 278 g/mol. The fourth-order valence-electron chi connectivity index (χ4n) is 2.34. The minimum Gasteiger partial charge on any atom is -0.481 e. The Balaban J connectivity index is 2.09. The molecule has 2 aromatic carbocycles. The number of carbonyl (C=O) groups is 2. The first-order valence-electron chi connectivity index (χ1n) is 7.16. The summed E-state index contributed by atoms with van der Waals surface area (Å²) >= 11 is 0. The largest absolute Gasteiger partial charge is 0.481 e. The van der Waals surface area contributed by atoms with Crippen LogP contribution in [0.15, 0.2) is 54.6 Å². The lowest BCUT2D eigenvalue weighted by Gasteiger charge is -2.18. The van der Waals surface area contributed by atoms with Gasteiger partial charge in [0.05, 0.1) is 18.9 Å². The molecule has 0 aliphatic rings. The molecule has 0 unspecified atom stereocenters. The molecule has 0 aromatic heterocycles. The van der Waals surface area contributed by atoms with Crippen LogP contribution < -0.4 is 5.32 Å². The van der Waals surface area contributed by atoms with E-state index < -0.39 is 12.0 Å². The maximum absolute atomic E-state index is 12.2. The van der Waals surface area contributed by atoms with E-state index in [4.69, 9.17) is 5.11 Å². The van der Waals surface area contributed by atoms with E-state index in [0.29, 0.717) is 0 Å². The van der Waals surface area contributed by atoms with Crippen molar-refractivity contribution in [2.45, 2.75) is 25.8 Å². The van der Waals surface area contributed by atoms with E-state index in [1.165, 1.54) is 0 Å². The van der Waals surface area contributed by atoms with Gasteiger partial charge in [0, 0.05) is 0 Å². The van der Waals surface area contributed by atoms with Crippen molar-refractivity contribution in [2.24, 2.45) is 0 Å². The Labute approximate surface area is 129 Å². The number of benzene rings is 2. The van der Waals surface area contributed by atoms with Gasteiger partial charge < -0.3 is 10.4 Å².